The van der Waals surface area contributed by atoms with Gasteiger partial charge in [0.2, 0.25) is 0 Å². The van der Waals surface area contributed by atoms with E-state index in [1.807, 2.05) is 0 Å². The fourth-order valence-corrected chi connectivity index (χ4v) is 1.57. The summed E-state index contributed by atoms with van der Waals surface area (Å²) in [4.78, 5) is 13.1. The molecule has 0 unspecified atom stereocenters. The molecule has 118 valence electrons. The topological polar surface area (TPSA) is 49.8 Å². The zero-order valence-corrected chi connectivity index (χ0v) is 12.1. The van der Waals surface area contributed by atoms with Gasteiger partial charge in [-0.25, -0.2) is 4.79 Å². The summed E-state index contributed by atoms with van der Waals surface area (Å²) in [7, 11) is 0. The lowest BCUT2D eigenvalue weighted by Crippen LogP contribution is -2.38. The number of rotatable bonds is 3. The van der Waals surface area contributed by atoms with E-state index in [4.69, 9.17) is 9.84 Å². The van der Waals surface area contributed by atoms with Crippen molar-refractivity contribution in [3.8, 4) is 0 Å². The van der Waals surface area contributed by atoms with Crippen molar-refractivity contribution in [3.63, 3.8) is 0 Å². The quantitative estimate of drug-likeness (QED) is 0.930. The number of carbonyl (C=O) groups is 1. The molecule has 21 heavy (non-hydrogen) atoms. The number of nitrogens with zero attached hydrogens (tertiary/aromatic N) is 1. The zero-order chi connectivity index (χ0) is 16.3. The van der Waals surface area contributed by atoms with Crippen LogP contribution in [0.25, 0.3) is 0 Å². The van der Waals surface area contributed by atoms with E-state index in [2.05, 4.69) is 0 Å². The molecule has 1 rings (SSSR count). The summed E-state index contributed by atoms with van der Waals surface area (Å²) in [6.07, 6.45) is -5.16. The lowest BCUT2D eigenvalue weighted by molar-refractivity contribution is -0.137. The van der Waals surface area contributed by atoms with Gasteiger partial charge in [0.1, 0.15) is 5.60 Å². The molecule has 0 aliphatic rings. The Morgan fingerprint density at radius 2 is 1.71 bits per heavy atom. The molecule has 0 aliphatic carbocycles. The second-order valence-electron chi connectivity index (χ2n) is 5.40. The van der Waals surface area contributed by atoms with Gasteiger partial charge in [0.25, 0.3) is 0 Å². The lowest BCUT2D eigenvalue weighted by Gasteiger charge is -2.27. The highest BCUT2D eigenvalue weighted by Gasteiger charge is 2.30. The first-order valence-corrected chi connectivity index (χ1v) is 6.33. The monoisotopic (exact) mass is 305 g/mol. The molecule has 1 N–H and O–H groups in total. The second kappa shape index (κ2) is 6.34. The second-order valence-corrected chi connectivity index (χ2v) is 5.40. The van der Waals surface area contributed by atoms with E-state index in [0.717, 1.165) is 17.0 Å². The van der Waals surface area contributed by atoms with Crippen molar-refractivity contribution < 1.29 is 27.8 Å². The van der Waals surface area contributed by atoms with Gasteiger partial charge in [0.15, 0.2) is 0 Å². The minimum Gasteiger partial charge on any atom is -0.443 e. The summed E-state index contributed by atoms with van der Waals surface area (Å²) in [6.45, 7) is 4.62. The SMILES string of the molecule is CC(C)(C)OC(=O)N(CCO)c1ccc(C(F)(F)F)cc1. The van der Waals surface area contributed by atoms with Gasteiger partial charge in [-0.2, -0.15) is 13.2 Å². The first kappa shape index (κ1) is 17.3. The number of aliphatic hydroxyl groups is 1. The van der Waals surface area contributed by atoms with Crippen LogP contribution in [0.15, 0.2) is 24.3 Å². The minimum absolute atomic E-state index is 0.0692. The van der Waals surface area contributed by atoms with Crippen LogP contribution in [0.1, 0.15) is 26.3 Å². The van der Waals surface area contributed by atoms with Crippen LogP contribution in [0.2, 0.25) is 0 Å². The number of amides is 1. The number of hydrogen-bond acceptors (Lipinski definition) is 3. The average Bonchev–Trinajstić information content (AvgIpc) is 2.33. The van der Waals surface area contributed by atoms with E-state index >= 15 is 0 Å². The van der Waals surface area contributed by atoms with Crippen molar-refractivity contribution in [2.75, 3.05) is 18.1 Å². The van der Waals surface area contributed by atoms with Crippen LogP contribution in [0.5, 0.6) is 0 Å². The third-order valence-electron chi connectivity index (χ3n) is 2.44. The standard InChI is InChI=1S/C14H18F3NO3/c1-13(2,3)21-12(20)18(8-9-19)11-6-4-10(5-7-11)14(15,16)17/h4-7,19H,8-9H2,1-3H3. The van der Waals surface area contributed by atoms with Crippen molar-refractivity contribution >= 4 is 11.8 Å². The summed E-state index contributed by atoms with van der Waals surface area (Å²) in [5.74, 6) is 0. The Hall–Kier alpha value is -1.76. The molecule has 0 aromatic heterocycles. The van der Waals surface area contributed by atoms with Crippen LogP contribution in [0.3, 0.4) is 0 Å². The summed E-state index contributed by atoms with van der Waals surface area (Å²) in [5.41, 5.74) is -1.32. The molecule has 0 fully saturated rings. The Morgan fingerprint density at radius 3 is 2.10 bits per heavy atom. The molecule has 0 bridgehead atoms. The van der Waals surface area contributed by atoms with E-state index < -0.39 is 23.4 Å². The number of anilines is 1. The zero-order valence-electron chi connectivity index (χ0n) is 12.1. The minimum atomic E-state index is -4.44. The van der Waals surface area contributed by atoms with E-state index in [0.29, 0.717) is 0 Å². The van der Waals surface area contributed by atoms with E-state index in [1.54, 1.807) is 20.8 Å². The van der Waals surface area contributed by atoms with Crippen LogP contribution in [-0.4, -0.2) is 30.0 Å². The average molecular weight is 305 g/mol. The van der Waals surface area contributed by atoms with Crippen LogP contribution in [-0.2, 0) is 10.9 Å². The molecule has 0 radical (unpaired) electrons. The third-order valence-corrected chi connectivity index (χ3v) is 2.44. The van der Waals surface area contributed by atoms with Gasteiger partial charge in [-0.1, -0.05) is 0 Å². The predicted molar refractivity (Wildman–Crippen MR) is 72.1 cm³/mol. The summed E-state index contributed by atoms with van der Waals surface area (Å²) >= 11 is 0. The Kier molecular flexibility index (Phi) is 5.22. The molecule has 0 saturated heterocycles. The third kappa shape index (κ3) is 5.26. The Morgan fingerprint density at radius 1 is 1.19 bits per heavy atom. The summed E-state index contributed by atoms with van der Waals surface area (Å²) in [6, 6.07) is 4.10. The fraction of sp³-hybridized carbons (Fsp3) is 0.500. The smallest absolute Gasteiger partial charge is 0.416 e. The van der Waals surface area contributed by atoms with Crippen LogP contribution < -0.4 is 4.90 Å². The summed E-state index contributed by atoms with van der Waals surface area (Å²) < 4.78 is 42.7. The van der Waals surface area contributed by atoms with Crippen LogP contribution >= 0.6 is 0 Å². The van der Waals surface area contributed by atoms with Crippen molar-refractivity contribution in [1.29, 1.82) is 0 Å². The molecule has 1 aromatic rings. The number of aliphatic hydroxyl groups excluding tert-OH is 1. The van der Waals surface area contributed by atoms with Crippen molar-refractivity contribution in [2.24, 2.45) is 0 Å². The Balaban J connectivity index is 2.98. The fourth-order valence-electron chi connectivity index (χ4n) is 1.57. The van der Waals surface area contributed by atoms with Crippen LogP contribution in [0.4, 0.5) is 23.7 Å². The molecule has 1 amide bonds. The van der Waals surface area contributed by atoms with E-state index in [1.165, 1.54) is 12.1 Å². The highest BCUT2D eigenvalue weighted by atomic mass is 19.4. The van der Waals surface area contributed by atoms with Gasteiger partial charge >= 0.3 is 12.3 Å². The molecular formula is C14H18F3NO3. The molecular weight excluding hydrogens is 287 g/mol. The molecule has 0 spiro atoms. The highest BCUT2D eigenvalue weighted by Crippen LogP contribution is 2.30. The number of halogens is 3. The molecule has 0 atom stereocenters. The van der Waals surface area contributed by atoms with Crippen molar-refractivity contribution in [1.82, 2.24) is 0 Å². The number of ether oxygens (including phenoxy) is 1. The maximum atomic E-state index is 12.5. The van der Waals surface area contributed by atoms with Gasteiger partial charge in [0, 0.05) is 5.69 Å². The van der Waals surface area contributed by atoms with Crippen molar-refractivity contribution in [2.45, 2.75) is 32.5 Å². The molecule has 1 aromatic carbocycles. The molecule has 4 nitrogen and oxygen atoms in total. The Labute approximate surface area is 121 Å². The molecule has 0 aliphatic heterocycles. The van der Waals surface area contributed by atoms with Crippen molar-refractivity contribution in [3.05, 3.63) is 29.8 Å². The number of carbonyl (C=O) groups excluding carboxylic acids is 1. The molecule has 7 heteroatoms. The normalized spacial score (nSPS) is 12.1. The largest absolute Gasteiger partial charge is 0.443 e. The summed E-state index contributed by atoms with van der Waals surface area (Å²) in [5, 5.41) is 9.00. The predicted octanol–water partition coefficient (Wildman–Crippen LogP) is 3.44. The maximum absolute atomic E-state index is 12.5. The molecule has 0 saturated carbocycles. The van der Waals surface area contributed by atoms with E-state index in [9.17, 15) is 18.0 Å². The number of alkyl halides is 3. The van der Waals surface area contributed by atoms with Crippen LogP contribution in [0, 0.1) is 0 Å². The van der Waals surface area contributed by atoms with Gasteiger partial charge in [-0.05, 0) is 45.0 Å². The van der Waals surface area contributed by atoms with Gasteiger partial charge in [0.05, 0.1) is 18.7 Å². The molecule has 0 heterocycles. The first-order chi connectivity index (χ1) is 9.54. The van der Waals surface area contributed by atoms with E-state index in [-0.39, 0.29) is 18.8 Å². The number of hydrogen-bond donors (Lipinski definition) is 1. The maximum Gasteiger partial charge on any atom is 0.416 e. The van der Waals surface area contributed by atoms with Gasteiger partial charge in [-0.3, -0.25) is 4.90 Å². The highest BCUT2D eigenvalue weighted by molar-refractivity contribution is 5.87. The lowest BCUT2D eigenvalue weighted by atomic mass is 10.2. The van der Waals surface area contributed by atoms with Gasteiger partial charge in [-0.15, -0.1) is 0 Å². The van der Waals surface area contributed by atoms with Gasteiger partial charge < -0.3 is 9.84 Å². The first-order valence-electron chi connectivity index (χ1n) is 6.33. The number of benzene rings is 1. The Bertz CT molecular complexity index is 478.